The molecule has 0 spiro atoms. The van der Waals surface area contributed by atoms with Crippen LogP contribution in [0.3, 0.4) is 0 Å². The fourth-order valence-electron chi connectivity index (χ4n) is 1.62. The molecular formula is C13H13N3OS2. The van der Waals surface area contributed by atoms with Crippen LogP contribution in [0.25, 0.3) is 5.70 Å². The lowest BCUT2D eigenvalue weighted by Gasteiger charge is -2.10. The van der Waals surface area contributed by atoms with Crippen molar-refractivity contribution in [3.05, 3.63) is 52.5 Å². The van der Waals surface area contributed by atoms with Gasteiger partial charge < -0.3 is 0 Å². The summed E-state index contributed by atoms with van der Waals surface area (Å²) in [6, 6.07) is 9.20. The van der Waals surface area contributed by atoms with Gasteiger partial charge in [-0.15, -0.1) is 28.6 Å². The molecule has 0 aliphatic heterocycles. The third-order valence-electron chi connectivity index (χ3n) is 2.47. The topological polar surface area (TPSA) is 47.8 Å². The fraction of sp³-hybridized carbons (Fsp3) is 0.154. The third kappa shape index (κ3) is 3.08. The smallest absolute Gasteiger partial charge is 0.213 e. The zero-order valence-corrected chi connectivity index (χ0v) is 12.2. The number of nitrogens with zero attached hydrogens (tertiary/aromatic N) is 3. The standard InChI is InChI=1S/C13H13N3OS2/c1-18-13(19-2)11(16-9-8-14-15-16)12(17)10-6-4-3-5-7-10/h3-9H,1-2H3. The lowest BCUT2D eigenvalue weighted by atomic mass is 10.1. The Balaban J connectivity index is 2.51. The number of carbonyl (C=O) groups is 1. The zero-order chi connectivity index (χ0) is 13.7. The van der Waals surface area contributed by atoms with Crippen molar-refractivity contribution in [3.8, 4) is 0 Å². The number of aromatic nitrogens is 3. The lowest BCUT2D eigenvalue weighted by Crippen LogP contribution is -2.11. The fourth-order valence-corrected chi connectivity index (χ4v) is 3.05. The summed E-state index contributed by atoms with van der Waals surface area (Å²) in [4.78, 5) is 12.6. The van der Waals surface area contributed by atoms with Crippen LogP contribution < -0.4 is 0 Å². The van der Waals surface area contributed by atoms with Gasteiger partial charge in [0, 0.05) is 5.56 Å². The molecule has 98 valence electrons. The second kappa shape index (κ2) is 6.58. The molecule has 0 bridgehead atoms. The van der Waals surface area contributed by atoms with Crippen LogP contribution in [0.15, 0.2) is 47.0 Å². The van der Waals surface area contributed by atoms with Crippen molar-refractivity contribution < 1.29 is 4.79 Å². The average molecular weight is 291 g/mol. The third-order valence-corrected chi connectivity index (χ3v) is 4.60. The summed E-state index contributed by atoms with van der Waals surface area (Å²) in [5.41, 5.74) is 1.19. The van der Waals surface area contributed by atoms with Gasteiger partial charge in [0.25, 0.3) is 0 Å². The van der Waals surface area contributed by atoms with E-state index in [-0.39, 0.29) is 5.78 Å². The van der Waals surface area contributed by atoms with Crippen LogP contribution in [0.1, 0.15) is 10.4 Å². The van der Waals surface area contributed by atoms with Gasteiger partial charge >= 0.3 is 0 Å². The first kappa shape index (κ1) is 13.9. The highest BCUT2D eigenvalue weighted by atomic mass is 32.2. The van der Waals surface area contributed by atoms with Gasteiger partial charge in [-0.2, -0.15) is 0 Å². The van der Waals surface area contributed by atoms with Crippen LogP contribution >= 0.6 is 23.5 Å². The van der Waals surface area contributed by atoms with Gasteiger partial charge in [0.15, 0.2) is 0 Å². The van der Waals surface area contributed by atoms with Gasteiger partial charge in [0.2, 0.25) is 5.78 Å². The predicted molar refractivity (Wildman–Crippen MR) is 81.0 cm³/mol. The molecule has 1 aromatic heterocycles. The molecule has 1 aromatic carbocycles. The number of ketones is 1. The quantitative estimate of drug-likeness (QED) is 0.626. The largest absolute Gasteiger partial charge is 0.287 e. The van der Waals surface area contributed by atoms with E-state index in [1.165, 1.54) is 28.2 Å². The number of hydrogen-bond acceptors (Lipinski definition) is 5. The SMILES string of the molecule is CSC(SC)=C(C(=O)c1ccccc1)n1ccnn1. The lowest BCUT2D eigenvalue weighted by molar-refractivity contribution is 0.105. The molecule has 0 fully saturated rings. The van der Waals surface area contributed by atoms with E-state index in [0.717, 1.165) is 4.24 Å². The molecule has 1 heterocycles. The summed E-state index contributed by atoms with van der Waals surface area (Å²) in [6.45, 7) is 0. The molecule has 0 N–H and O–H groups in total. The number of thioether (sulfide) groups is 2. The van der Waals surface area contributed by atoms with Crippen molar-refractivity contribution in [2.75, 3.05) is 12.5 Å². The van der Waals surface area contributed by atoms with Crippen molar-refractivity contribution >= 4 is 35.0 Å². The molecule has 2 aromatic rings. The van der Waals surface area contributed by atoms with Crippen molar-refractivity contribution in [1.29, 1.82) is 0 Å². The number of hydrogen-bond donors (Lipinski definition) is 0. The van der Waals surface area contributed by atoms with Crippen molar-refractivity contribution in [2.45, 2.75) is 0 Å². The summed E-state index contributed by atoms with van der Waals surface area (Å²) >= 11 is 3.06. The Morgan fingerprint density at radius 3 is 2.37 bits per heavy atom. The van der Waals surface area contributed by atoms with E-state index in [2.05, 4.69) is 10.3 Å². The van der Waals surface area contributed by atoms with E-state index in [4.69, 9.17) is 0 Å². The zero-order valence-electron chi connectivity index (χ0n) is 10.6. The van der Waals surface area contributed by atoms with Crippen LogP contribution in [-0.2, 0) is 0 Å². The molecule has 2 rings (SSSR count). The van der Waals surface area contributed by atoms with Crippen LogP contribution in [0.2, 0.25) is 0 Å². The molecule has 0 radical (unpaired) electrons. The van der Waals surface area contributed by atoms with Crippen LogP contribution in [0.4, 0.5) is 0 Å². The minimum absolute atomic E-state index is 0.0511. The van der Waals surface area contributed by atoms with Crippen molar-refractivity contribution in [1.82, 2.24) is 15.0 Å². The van der Waals surface area contributed by atoms with Gasteiger partial charge in [0.05, 0.1) is 16.6 Å². The highest BCUT2D eigenvalue weighted by Crippen LogP contribution is 2.31. The number of carbonyl (C=O) groups excluding carboxylic acids is 1. The average Bonchev–Trinajstić information content (AvgIpc) is 2.98. The molecule has 6 heteroatoms. The van der Waals surface area contributed by atoms with Gasteiger partial charge in [0.1, 0.15) is 5.70 Å². The van der Waals surface area contributed by atoms with Crippen molar-refractivity contribution in [2.24, 2.45) is 0 Å². The van der Waals surface area contributed by atoms with Gasteiger partial charge in [-0.05, 0) is 12.5 Å². The second-order valence-corrected chi connectivity index (χ2v) is 5.48. The highest BCUT2D eigenvalue weighted by molar-refractivity contribution is 8.22. The van der Waals surface area contributed by atoms with E-state index in [9.17, 15) is 4.79 Å². The Kier molecular flexibility index (Phi) is 4.81. The summed E-state index contributed by atoms with van der Waals surface area (Å²) in [7, 11) is 0. The van der Waals surface area contributed by atoms with Gasteiger partial charge in [-0.3, -0.25) is 4.79 Å². The molecule has 4 nitrogen and oxygen atoms in total. The first-order valence-corrected chi connectivity index (χ1v) is 8.01. The van der Waals surface area contributed by atoms with Crippen LogP contribution in [0, 0.1) is 0 Å². The van der Waals surface area contributed by atoms with E-state index in [0.29, 0.717) is 11.3 Å². The molecule has 0 amide bonds. The minimum Gasteiger partial charge on any atom is -0.287 e. The summed E-state index contributed by atoms with van der Waals surface area (Å²) < 4.78 is 2.44. The maximum atomic E-state index is 12.6. The Hall–Kier alpha value is -1.53. The molecular weight excluding hydrogens is 278 g/mol. The minimum atomic E-state index is -0.0511. The molecule has 0 saturated heterocycles. The monoisotopic (exact) mass is 291 g/mol. The van der Waals surface area contributed by atoms with E-state index in [1.807, 2.05) is 30.7 Å². The summed E-state index contributed by atoms with van der Waals surface area (Å²) in [5.74, 6) is -0.0511. The molecule has 0 atom stereocenters. The Morgan fingerprint density at radius 1 is 1.16 bits per heavy atom. The van der Waals surface area contributed by atoms with Crippen LogP contribution in [-0.4, -0.2) is 33.3 Å². The molecule has 0 aliphatic rings. The van der Waals surface area contributed by atoms with E-state index in [1.54, 1.807) is 24.5 Å². The Bertz CT molecular complexity index is 573. The Morgan fingerprint density at radius 2 is 1.84 bits per heavy atom. The summed E-state index contributed by atoms with van der Waals surface area (Å²) in [6.07, 6.45) is 7.14. The maximum absolute atomic E-state index is 12.6. The van der Waals surface area contributed by atoms with Crippen molar-refractivity contribution in [3.63, 3.8) is 0 Å². The predicted octanol–water partition coefficient (Wildman–Crippen LogP) is 3.01. The number of rotatable bonds is 5. The van der Waals surface area contributed by atoms with Gasteiger partial charge in [-0.1, -0.05) is 35.5 Å². The molecule has 0 aliphatic carbocycles. The second-order valence-electron chi connectivity index (χ2n) is 3.59. The number of allylic oxidation sites excluding steroid dienone is 1. The highest BCUT2D eigenvalue weighted by Gasteiger charge is 2.19. The van der Waals surface area contributed by atoms with Gasteiger partial charge in [-0.25, -0.2) is 4.68 Å². The Labute approximate surface area is 120 Å². The molecule has 0 saturated carbocycles. The normalized spacial score (nSPS) is 10.2. The molecule has 19 heavy (non-hydrogen) atoms. The molecule has 0 unspecified atom stereocenters. The van der Waals surface area contributed by atoms with E-state index < -0.39 is 0 Å². The van der Waals surface area contributed by atoms with Crippen LogP contribution in [0.5, 0.6) is 0 Å². The number of benzene rings is 1. The number of Topliss-reactive ketones (excluding diaryl/α,β-unsaturated/α-hetero) is 1. The van der Waals surface area contributed by atoms with E-state index >= 15 is 0 Å². The maximum Gasteiger partial charge on any atom is 0.213 e. The first-order valence-electron chi connectivity index (χ1n) is 5.56. The summed E-state index contributed by atoms with van der Waals surface area (Å²) in [5, 5.41) is 7.72. The first-order chi connectivity index (χ1) is 9.27.